The summed E-state index contributed by atoms with van der Waals surface area (Å²) >= 11 is 0. The quantitative estimate of drug-likeness (QED) is 0.528. The van der Waals surface area contributed by atoms with Gasteiger partial charge in [0.05, 0.1) is 23.8 Å². The molecule has 1 amide bonds. The van der Waals surface area contributed by atoms with Gasteiger partial charge in [-0.05, 0) is 63.2 Å². The first-order valence-electron chi connectivity index (χ1n) is 11.5. The van der Waals surface area contributed by atoms with E-state index in [2.05, 4.69) is 66.8 Å². The fourth-order valence-corrected chi connectivity index (χ4v) is 4.13. The van der Waals surface area contributed by atoms with Crippen molar-refractivity contribution in [3.63, 3.8) is 0 Å². The summed E-state index contributed by atoms with van der Waals surface area (Å²) in [6.07, 6.45) is 5.23. The van der Waals surface area contributed by atoms with Crippen LogP contribution < -0.4 is 16.0 Å². The van der Waals surface area contributed by atoms with Crippen LogP contribution in [0.5, 0.6) is 0 Å². The number of benzene rings is 1. The predicted molar refractivity (Wildman–Crippen MR) is 130 cm³/mol. The summed E-state index contributed by atoms with van der Waals surface area (Å²) < 4.78 is 0. The Balaban J connectivity index is 1.69. The van der Waals surface area contributed by atoms with Crippen molar-refractivity contribution in [3.05, 3.63) is 42.4 Å². The van der Waals surface area contributed by atoms with Crippen molar-refractivity contribution in [1.82, 2.24) is 20.3 Å². The summed E-state index contributed by atoms with van der Waals surface area (Å²) in [4.78, 5) is 26.7. The van der Waals surface area contributed by atoms with E-state index in [-0.39, 0.29) is 23.8 Å². The second-order valence-corrected chi connectivity index (χ2v) is 9.09. The van der Waals surface area contributed by atoms with E-state index in [0.717, 1.165) is 59.5 Å². The van der Waals surface area contributed by atoms with Crippen molar-refractivity contribution >= 4 is 28.3 Å². The summed E-state index contributed by atoms with van der Waals surface area (Å²) in [7, 11) is 0. The molecule has 4 rings (SSSR count). The van der Waals surface area contributed by atoms with Gasteiger partial charge in [0.15, 0.2) is 0 Å². The van der Waals surface area contributed by atoms with E-state index < -0.39 is 0 Å². The highest BCUT2D eigenvalue weighted by Gasteiger charge is 2.22. The zero-order chi connectivity index (χ0) is 22.7. The number of carbonyl (C=O) groups is 1. The topological polar surface area (TPSA) is 91.8 Å². The number of pyridine rings is 1. The number of nitrogens with one attached hydrogen (secondary N) is 3. The molecule has 1 aromatic carbocycles. The van der Waals surface area contributed by atoms with Gasteiger partial charge in [0, 0.05) is 22.9 Å². The number of rotatable bonds is 6. The van der Waals surface area contributed by atoms with Crippen molar-refractivity contribution in [3.8, 4) is 11.3 Å². The van der Waals surface area contributed by atoms with Crippen molar-refractivity contribution < 1.29 is 4.79 Å². The molecule has 0 aliphatic carbocycles. The maximum absolute atomic E-state index is 12.8. The number of anilines is 2. The van der Waals surface area contributed by atoms with Gasteiger partial charge in [-0.2, -0.15) is 0 Å². The number of piperidine rings is 1. The summed E-state index contributed by atoms with van der Waals surface area (Å²) in [5.74, 6) is 1.70. The van der Waals surface area contributed by atoms with E-state index in [0.29, 0.717) is 5.82 Å². The van der Waals surface area contributed by atoms with Crippen LogP contribution in [0.15, 0.2) is 36.7 Å². The van der Waals surface area contributed by atoms with Crippen molar-refractivity contribution in [2.75, 3.05) is 23.7 Å². The molecule has 2 aromatic heterocycles. The lowest BCUT2D eigenvalue weighted by Crippen LogP contribution is -2.34. The lowest BCUT2D eigenvalue weighted by atomic mass is 9.97. The molecule has 7 heteroatoms. The maximum atomic E-state index is 12.8. The molecule has 1 saturated heterocycles. The van der Waals surface area contributed by atoms with Crippen LogP contribution in [0.3, 0.4) is 0 Å². The molecule has 0 atom stereocenters. The molecule has 32 heavy (non-hydrogen) atoms. The standard InChI is InChI=1S/C25H32N6O/c1-15(2)24-20-6-5-18(21-13-27-14-23(29-21)28-16(3)4)11-19(20)12-22(30-24)31-25(32)17-7-9-26-10-8-17/h5-6,11-17,26H,7-10H2,1-4H3,(H,28,29)(H,30,31,32). The van der Waals surface area contributed by atoms with Crippen molar-refractivity contribution in [1.29, 1.82) is 0 Å². The third kappa shape index (κ3) is 5.05. The molecule has 168 valence electrons. The van der Waals surface area contributed by atoms with Gasteiger partial charge in [-0.1, -0.05) is 26.0 Å². The molecule has 0 saturated carbocycles. The second-order valence-electron chi connectivity index (χ2n) is 9.09. The van der Waals surface area contributed by atoms with E-state index in [1.165, 1.54) is 0 Å². The number of nitrogens with zero attached hydrogens (tertiary/aromatic N) is 3. The van der Waals surface area contributed by atoms with Crippen LogP contribution in [0.2, 0.25) is 0 Å². The van der Waals surface area contributed by atoms with Crippen LogP contribution in [-0.2, 0) is 4.79 Å². The molecule has 7 nitrogen and oxygen atoms in total. The summed E-state index contributed by atoms with van der Waals surface area (Å²) in [5, 5.41) is 11.8. The van der Waals surface area contributed by atoms with Gasteiger partial charge in [-0.15, -0.1) is 0 Å². The van der Waals surface area contributed by atoms with Gasteiger partial charge in [-0.25, -0.2) is 9.97 Å². The van der Waals surface area contributed by atoms with E-state index in [1.807, 2.05) is 6.07 Å². The van der Waals surface area contributed by atoms with Crippen LogP contribution in [0.1, 0.15) is 52.1 Å². The normalized spacial score (nSPS) is 14.8. The number of fused-ring (bicyclic) bond motifs is 1. The van der Waals surface area contributed by atoms with E-state index in [9.17, 15) is 4.79 Å². The third-order valence-corrected chi connectivity index (χ3v) is 5.74. The van der Waals surface area contributed by atoms with Crippen LogP contribution in [0, 0.1) is 5.92 Å². The Morgan fingerprint density at radius 3 is 2.53 bits per heavy atom. The van der Waals surface area contributed by atoms with Crippen LogP contribution in [0.25, 0.3) is 22.0 Å². The van der Waals surface area contributed by atoms with Crippen LogP contribution in [-0.4, -0.2) is 40.0 Å². The highest BCUT2D eigenvalue weighted by Crippen LogP contribution is 2.30. The largest absolute Gasteiger partial charge is 0.367 e. The Kier molecular flexibility index (Phi) is 6.65. The Bertz CT molecular complexity index is 1100. The molecule has 3 aromatic rings. The Hall–Kier alpha value is -3.06. The lowest BCUT2D eigenvalue weighted by molar-refractivity contribution is -0.120. The Labute approximate surface area is 189 Å². The average molecular weight is 433 g/mol. The third-order valence-electron chi connectivity index (χ3n) is 5.74. The minimum absolute atomic E-state index is 0.0362. The van der Waals surface area contributed by atoms with Gasteiger partial charge in [0.1, 0.15) is 11.6 Å². The first kappa shape index (κ1) is 22.1. The Morgan fingerprint density at radius 1 is 1.03 bits per heavy atom. The number of hydrogen-bond acceptors (Lipinski definition) is 6. The fourth-order valence-electron chi connectivity index (χ4n) is 4.13. The van der Waals surface area contributed by atoms with Gasteiger partial charge in [-0.3, -0.25) is 9.78 Å². The van der Waals surface area contributed by atoms with Crippen LogP contribution in [0.4, 0.5) is 11.6 Å². The van der Waals surface area contributed by atoms with Crippen molar-refractivity contribution in [2.45, 2.75) is 52.5 Å². The highest BCUT2D eigenvalue weighted by molar-refractivity contribution is 5.96. The summed E-state index contributed by atoms with van der Waals surface area (Å²) in [5.41, 5.74) is 2.77. The number of hydrogen-bond donors (Lipinski definition) is 3. The first-order valence-corrected chi connectivity index (χ1v) is 11.5. The average Bonchev–Trinajstić information content (AvgIpc) is 2.78. The van der Waals surface area contributed by atoms with Gasteiger partial charge < -0.3 is 16.0 Å². The summed E-state index contributed by atoms with van der Waals surface area (Å²) in [6.45, 7) is 10.2. The molecule has 1 aliphatic rings. The number of carbonyl (C=O) groups excluding carboxylic acids is 1. The smallest absolute Gasteiger partial charge is 0.228 e. The van der Waals surface area contributed by atoms with Crippen LogP contribution >= 0.6 is 0 Å². The molecule has 0 bridgehead atoms. The lowest BCUT2D eigenvalue weighted by Gasteiger charge is -2.22. The first-order chi connectivity index (χ1) is 15.4. The molecule has 1 aliphatic heterocycles. The van der Waals surface area contributed by atoms with Crippen molar-refractivity contribution in [2.24, 2.45) is 5.92 Å². The highest BCUT2D eigenvalue weighted by atomic mass is 16.1. The predicted octanol–water partition coefficient (Wildman–Crippen LogP) is 4.57. The molecule has 0 spiro atoms. The molecular weight excluding hydrogens is 400 g/mol. The molecular formula is C25H32N6O. The molecule has 3 N–H and O–H groups in total. The zero-order valence-corrected chi connectivity index (χ0v) is 19.3. The molecule has 0 radical (unpaired) electrons. The number of aromatic nitrogens is 3. The van der Waals surface area contributed by atoms with Gasteiger partial charge in [0.2, 0.25) is 5.91 Å². The minimum Gasteiger partial charge on any atom is -0.367 e. The fraction of sp³-hybridized carbons (Fsp3) is 0.440. The monoisotopic (exact) mass is 432 g/mol. The maximum Gasteiger partial charge on any atom is 0.228 e. The van der Waals surface area contributed by atoms with E-state index >= 15 is 0 Å². The second kappa shape index (κ2) is 9.61. The SMILES string of the molecule is CC(C)Nc1cncc(-c2ccc3c(C(C)C)nc(NC(=O)C4CCNCC4)cc3c2)n1. The van der Waals surface area contributed by atoms with Gasteiger partial charge >= 0.3 is 0 Å². The van der Waals surface area contributed by atoms with E-state index in [1.54, 1.807) is 12.4 Å². The molecule has 0 unspecified atom stereocenters. The Morgan fingerprint density at radius 2 is 1.81 bits per heavy atom. The minimum atomic E-state index is 0.0362. The number of amides is 1. The van der Waals surface area contributed by atoms with E-state index in [4.69, 9.17) is 9.97 Å². The molecule has 1 fully saturated rings. The molecule has 3 heterocycles. The summed E-state index contributed by atoms with van der Waals surface area (Å²) in [6, 6.07) is 8.50. The van der Waals surface area contributed by atoms with Gasteiger partial charge in [0.25, 0.3) is 0 Å². The zero-order valence-electron chi connectivity index (χ0n) is 19.3.